The number of alkyl halides is 3. The molecule has 0 spiro atoms. The number of benzene rings is 1. The number of hydrogen-bond acceptors (Lipinski definition) is 4. The molecule has 0 aliphatic carbocycles. The topological polar surface area (TPSA) is 60.1 Å². The average molecular weight is 467 g/mol. The lowest BCUT2D eigenvalue weighted by Crippen LogP contribution is -2.23. The summed E-state index contributed by atoms with van der Waals surface area (Å²) in [6, 6.07) is 3.21. The number of hydrogen-bond donors (Lipinski definition) is 0. The highest BCUT2D eigenvalue weighted by Gasteiger charge is 2.33. The van der Waals surface area contributed by atoms with Gasteiger partial charge in [0.2, 0.25) is 0 Å². The molecule has 0 radical (unpaired) electrons. The van der Waals surface area contributed by atoms with Crippen molar-refractivity contribution in [1.29, 1.82) is 0 Å². The zero-order valence-corrected chi connectivity index (χ0v) is 19.2. The largest absolute Gasteiger partial charge is 0.416 e. The van der Waals surface area contributed by atoms with Gasteiger partial charge in [-0.1, -0.05) is 6.08 Å². The van der Waals surface area contributed by atoms with Crippen LogP contribution in [0.5, 0.6) is 0 Å². The second kappa shape index (κ2) is 7.77. The van der Waals surface area contributed by atoms with E-state index in [1.165, 1.54) is 12.3 Å². The minimum Gasteiger partial charge on any atom is -0.302 e. The van der Waals surface area contributed by atoms with Crippen LogP contribution in [0.2, 0.25) is 0 Å². The van der Waals surface area contributed by atoms with E-state index in [1.807, 2.05) is 20.0 Å². The molecule has 0 N–H and O–H groups in total. The number of aryl methyl sites for hydroxylation is 2. The molecule has 32 heavy (non-hydrogen) atoms. The van der Waals surface area contributed by atoms with Crippen molar-refractivity contribution in [2.24, 2.45) is 0 Å². The van der Waals surface area contributed by atoms with Crippen LogP contribution < -0.4 is 0 Å². The van der Waals surface area contributed by atoms with Gasteiger partial charge in [0.15, 0.2) is 0 Å². The fourth-order valence-electron chi connectivity index (χ4n) is 4.31. The lowest BCUT2D eigenvalue weighted by atomic mass is 9.98. The van der Waals surface area contributed by atoms with Crippen LogP contribution in [-0.2, 0) is 22.7 Å². The van der Waals surface area contributed by atoms with E-state index in [1.54, 1.807) is 18.5 Å². The Balaban J connectivity index is 1.99. The SMILES string of the molecule is CCn1nc(C)c(S(=O)(=O)n2cc(C3=CCN(C)CC3)c3cc(C(F)(F)F)ccc32)c1C. The van der Waals surface area contributed by atoms with Crippen molar-refractivity contribution in [2.45, 2.75) is 44.8 Å². The van der Waals surface area contributed by atoms with E-state index in [9.17, 15) is 21.6 Å². The van der Waals surface area contributed by atoms with E-state index >= 15 is 0 Å². The number of fused-ring (bicyclic) bond motifs is 1. The van der Waals surface area contributed by atoms with Crippen LogP contribution in [0.4, 0.5) is 13.2 Å². The molecule has 0 fully saturated rings. The first-order valence-corrected chi connectivity index (χ1v) is 11.8. The van der Waals surface area contributed by atoms with Gasteiger partial charge >= 0.3 is 6.18 Å². The Morgan fingerprint density at radius 1 is 1.19 bits per heavy atom. The second-order valence-corrected chi connectivity index (χ2v) is 9.88. The van der Waals surface area contributed by atoms with Gasteiger partial charge in [-0.25, -0.2) is 12.4 Å². The molecule has 1 aromatic carbocycles. The molecule has 0 atom stereocenters. The van der Waals surface area contributed by atoms with E-state index in [-0.39, 0.29) is 15.8 Å². The Morgan fingerprint density at radius 3 is 2.47 bits per heavy atom. The zero-order valence-electron chi connectivity index (χ0n) is 18.4. The number of likely N-dealkylation sites (N-methyl/N-ethyl adjacent to an activating group) is 1. The molecule has 1 aliphatic heterocycles. The highest BCUT2D eigenvalue weighted by atomic mass is 32.2. The van der Waals surface area contributed by atoms with E-state index in [0.29, 0.717) is 36.5 Å². The molecule has 6 nitrogen and oxygen atoms in total. The molecule has 0 saturated carbocycles. The van der Waals surface area contributed by atoms with Gasteiger partial charge in [0.25, 0.3) is 10.0 Å². The van der Waals surface area contributed by atoms with E-state index in [4.69, 9.17) is 0 Å². The Hall–Kier alpha value is -2.59. The Bertz CT molecular complexity index is 1330. The first-order chi connectivity index (χ1) is 14.9. The summed E-state index contributed by atoms with van der Waals surface area (Å²) in [5.41, 5.74) is 1.63. The maximum atomic E-state index is 13.7. The molecular weight excluding hydrogens is 441 g/mol. The molecule has 0 bridgehead atoms. The lowest BCUT2D eigenvalue weighted by Gasteiger charge is -2.21. The summed E-state index contributed by atoms with van der Waals surface area (Å²) < 4.78 is 70.4. The first kappa shape index (κ1) is 22.6. The van der Waals surface area contributed by atoms with Crippen LogP contribution in [0.25, 0.3) is 16.5 Å². The van der Waals surface area contributed by atoms with Gasteiger partial charge in [0.1, 0.15) is 4.90 Å². The van der Waals surface area contributed by atoms with Crippen molar-refractivity contribution >= 4 is 26.5 Å². The number of rotatable bonds is 4. The van der Waals surface area contributed by atoms with Crippen LogP contribution in [0.3, 0.4) is 0 Å². The minimum absolute atomic E-state index is 0.0834. The number of aromatic nitrogens is 3. The summed E-state index contributed by atoms with van der Waals surface area (Å²) in [6.45, 7) is 7.07. The standard InChI is InChI=1S/C22H25F3N4O2S/c1-5-28-15(3)21(14(2)26-28)32(30,31)29-13-19(16-8-10-27(4)11-9-16)18-12-17(22(23,24)25)6-7-20(18)29/h6-8,12-13H,5,9-11H2,1-4H3. The van der Waals surface area contributed by atoms with Gasteiger partial charge in [-0.2, -0.15) is 18.3 Å². The van der Waals surface area contributed by atoms with Crippen LogP contribution in [0, 0.1) is 13.8 Å². The van der Waals surface area contributed by atoms with Crippen molar-refractivity contribution in [3.8, 4) is 0 Å². The van der Waals surface area contributed by atoms with Crippen LogP contribution >= 0.6 is 0 Å². The Morgan fingerprint density at radius 2 is 1.91 bits per heavy atom. The van der Waals surface area contributed by atoms with Crippen molar-refractivity contribution < 1.29 is 21.6 Å². The van der Waals surface area contributed by atoms with E-state index in [0.717, 1.165) is 28.2 Å². The smallest absolute Gasteiger partial charge is 0.302 e. The van der Waals surface area contributed by atoms with Crippen LogP contribution in [0.1, 0.15) is 35.9 Å². The van der Waals surface area contributed by atoms with Crippen molar-refractivity contribution in [2.75, 3.05) is 20.1 Å². The molecule has 2 aromatic heterocycles. The second-order valence-electron chi connectivity index (χ2n) is 8.13. The monoisotopic (exact) mass is 466 g/mol. The average Bonchev–Trinajstić information content (AvgIpc) is 3.25. The number of halogens is 3. The first-order valence-electron chi connectivity index (χ1n) is 10.3. The maximum absolute atomic E-state index is 13.7. The number of nitrogens with zero attached hydrogens (tertiary/aromatic N) is 4. The third-order valence-electron chi connectivity index (χ3n) is 5.99. The lowest BCUT2D eigenvalue weighted by molar-refractivity contribution is -0.137. The third kappa shape index (κ3) is 3.65. The van der Waals surface area contributed by atoms with Crippen molar-refractivity contribution in [1.82, 2.24) is 18.7 Å². The molecule has 4 rings (SSSR count). The molecule has 0 saturated heterocycles. The summed E-state index contributed by atoms with van der Waals surface area (Å²) in [5, 5.41) is 4.59. The Labute approximate surface area is 185 Å². The normalized spacial score (nSPS) is 16.0. The highest BCUT2D eigenvalue weighted by molar-refractivity contribution is 7.90. The van der Waals surface area contributed by atoms with E-state index in [2.05, 4.69) is 10.00 Å². The molecular formula is C22H25F3N4O2S. The van der Waals surface area contributed by atoms with Gasteiger partial charge in [0, 0.05) is 36.8 Å². The Kier molecular flexibility index (Phi) is 5.49. The molecule has 3 aromatic rings. The van der Waals surface area contributed by atoms with Gasteiger partial charge in [-0.3, -0.25) is 4.68 Å². The molecule has 1 aliphatic rings. The van der Waals surface area contributed by atoms with Crippen LogP contribution in [-0.4, -0.2) is 47.2 Å². The highest BCUT2D eigenvalue weighted by Crippen LogP contribution is 2.38. The predicted octanol–water partition coefficient (Wildman–Crippen LogP) is 4.45. The fraction of sp³-hybridized carbons (Fsp3) is 0.409. The van der Waals surface area contributed by atoms with Crippen LogP contribution in [0.15, 0.2) is 35.4 Å². The molecule has 3 heterocycles. The molecule has 0 unspecified atom stereocenters. The summed E-state index contributed by atoms with van der Waals surface area (Å²) in [7, 11) is -2.12. The molecule has 10 heteroatoms. The molecule has 172 valence electrons. The predicted molar refractivity (Wildman–Crippen MR) is 117 cm³/mol. The van der Waals surface area contributed by atoms with Crippen molar-refractivity contribution in [3.05, 3.63) is 53.0 Å². The van der Waals surface area contributed by atoms with Gasteiger partial charge in [-0.15, -0.1) is 0 Å². The quantitative estimate of drug-likeness (QED) is 0.570. The van der Waals surface area contributed by atoms with Gasteiger partial charge < -0.3 is 4.90 Å². The van der Waals surface area contributed by atoms with Crippen molar-refractivity contribution in [3.63, 3.8) is 0 Å². The minimum atomic E-state index is -4.52. The summed E-state index contributed by atoms with van der Waals surface area (Å²) in [6.07, 6.45) is -0.499. The summed E-state index contributed by atoms with van der Waals surface area (Å²) in [5.74, 6) is 0. The van der Waals surface area contributed by atoms with E-state index < -0.39 is 21.8 Å². The zero-order chi connectivity index (χ0) is 23.4. The summed E-state index contributed by atoms with van der Waals surface area (Å²) >= 11 is 0. The van der Waals surface area contributed by atoms with Gasteiger partial charge in [0.05, 0.1) is 22.5 Å². The molecule has 0 amide bonds. The maximum Gasteiger partial charge on any atom is 0.416 e. The summed E-state index contributed by atoms with van der Waals surface area (Å²) in [4.78, 5) is 2.17. The fourth-order valence-corrected chi connectivity index (χ4v) is 6.06. The third-order valence-corrected chi connectivity index (χ3v) is 7.91. The van der Waals surface area contributed by atoms with Gasteiger partial charge in [-0.05, 0) is 58.0 Å².